The summed E-state index contributed by atoms with van der Waals surface area (Å²) >= 11 is 0. The van der Waals surface area contributed by atoms with E-state index >= 15 is 0 Å². The first-order valence-corrected chi connectivity index (χ1v) is 8.72. The van der Waals surface area contributed by atoms with Gasteiger partial charge in [-0.05, 0) is 44.6 Å². The third-order valence-corrected chi connectivity index (χ3v) is 3.94. The number of rotatable bonds is 6. The molecule has 22 heavy (non-hydrogen) atoms. The molecule has 0 spiro atoms. The number of nitrogens with zero attached hydrogens (tertiary/aromatic N) is 2. The fourth-order valence-corrected chi connectivity index (χ4v) is 2.63. The van der Waals surface area contributed by atoms with Gasteiger partial charge in [0.2, 0.25) is 0 Å². The van der Waals surface area contributed by atoms with Crippen LogP contribution in [0.4, 0.5) is 0 Å². The molecule has 0 aromatic heterocycles. The zero-order valence-corrected chi connectivity index (χ0v) is 17.6. The van der Waals surface area contributed by atoms with Gasteiger partial charge in [-0.2, -0.15) is 0 Å². The molecule has 0 radical (unpaired) electrons. The molecule has 0 aromatic carbocycles. The van der Waals surface area contributed by atoms with Crippen molar-refractivity contribution in [2.75, 3.05) is 32.7 Å². The molecule has 2 N–H and O–H groups in total. The summed E-state index contributed by atoms with van der Waals surface area (Å²) in [5.41, 5.74) is 0.353. The molecule has 132 valence electrons. The first-order valence-electron chi connectivity index (χ1n) is 8.72. The van der Waals surface area contributed by atoms with Crippen LogP contribution >= 0.6 is 24.0 Å². The quantitative estimate of drug-likeness (QED) is 0.390. The van der Waals surface area contributed by atoms with Crippen LogP contribution < -0.4 is 10.6 Å². The zero-order chi connectivity index (χ0) is 15.7. The molecule has 1 heterocycles. The van der Waals surface area contributed by atoms with Crippen LogP contribution in [0.25, 0.3) is 0 Å². The highest BCUT2D eigenvalue weighted by atomic mass is 127. The Morgan fingerprint density at radius 3 is 2.32 bits per heavy atom. The van der Waals surface area contributed by atoms with Gasteiger partial charge in [-0.25, -0.2) is 0 Å². The van der Waals surface area contributed by atoms with Gasteiger partial charge in [0.15, 0.2) is 5.96 Å². The van der Waals surface area contributed by atoms with Gasteiger partial charge in [-0.15, -0.1) is 24.0 Å². The van der Waals surface area contributed by atoms with Crippen molar-refractivity contribution >= 4 is 29.9 Å². The van der Waals surface area contributed by atoms with Crippen molar-refractivity contribution in [1.29, 1.82) is 0 Å². The number of piperidine rings is 1. The van der Waals surface area contributed by atoms with Crippen molar-refractivity contribution in [3.8, 4) is 0 Å². The third kappa shape index (κ3) is 9.87. The summed E-state index contributed by atoms with van der Waals surface area (Å²) in [6, 6.07) is 0.575. The van der Waals surface area contributed by atoms with Crippen LogP contribution in [0, 0.1) is 5.41 Å². The van der Waals surface area contributed by atoms with E-state index in [-0.39, 0.29) is 24.0 Å². The second-order valence-electron chi connectivity index (χ2n) is 7.33. The fourth-order valence-electron chi connectivity index (χ4n) is 2.63. The number of hydrogen-bond acceptors (Lipinski definition) is 2. The molecule has 1 aliphatic rings. The smallest absolute Gasteiger partial charge is 0.191 e. The lowest BCUT2D eigenvalue weighted by molar-refractivity contribution is 0.206. The van der Waals surface area contributed by atoms with Crippen molar-refractivity contribution in [1.82, 2.24) is 15.5 Å². The molecule has 0 amide bonds. The van der Waals surface area contributed by atoms with Gasteiger partial charge in [0.25, 0.3) is 0 Å². The van der Waals surface area contributed by atoms with Crippen molar-refractivity contribution in [2.24, 2.45) is 10.4 Å². The number of nitrogens with one attached hydrogen (secondary N) is 2. The van der Waals surface area contributed by atoms with Gasteiger partial charge >= 0.3 is 0 Å². The predicted octanol–water partition coefficient (Wildman–Crippen LogP) is 3.47. The van der Waals surface area contributed by atoms with E-state index < -0.39 is 0 Å². The molecule has 0 aromatic rings. The maximum atomic E-state index is 4.73. The Bertz CT molecular complexity index is 304. The predicted molar refractivity (Wildman–Crippen MR) is 108 cm³/mol. The molecule has 1 fully saturated rings. The van der Waals surface area contributed by atoms with Gasteiger partial charge in [-0.1, -0.05) is 27.7 Å². The highest BCUT2D eigenvalue weighted by Gasteiger charge is 2.19. The van der Waals surface area contributed by atoms with E-state index in [1.54, 1.807) is 0 Å². The molecule has 0 atom stereocenters. The maximum Gasteiger partial charge on any atom is 0.191 e. The van der Waals surface area contributed by atoms with Crippen LogP contribution in [0.5, 0.6) is 0 Å². The highest BCUT2D eigenvalue weighted by molar-refractivity contribution is 14.0. The van der Waals surface area contributed by atoms with E-state index in [2.05, 4.69) is 50.2 Å². The monoisotopic (exact) mass is 424 g/mol. The first kappa shape index (κ1) is 22.0. The average molecular weight is 424 g/mol. The Labute approximate surface area is 154 Å². The topological polar surface area (TPSA) is 39.7 Å². The summed E-state index contributed by atoms with van der Waals surface area (Å²) in [6.45, 7) is 16.7. The highest BCUT2D eigenvalue weighted by Crippen LogP contribution is 2.17. The standard InChI is InChI=1S/C17H36N4.HI/c1-6-12-21-13-8-15(9-14-21)20-16(18-7-2)19-11-10-17(3,4)5;/h15H,6-14H2,1-5H3,(H2,18,19,20);1H. The Morgan fingerprint density at radius 1 is 1.18 bits per heavy atom. The van der Waals surface area contributed by atoms with Crippen LogP contribution in [0.3, 0.4) is 0 Å². The average Bonchev–Trinajstić information content (AvgIpc) is 2.40. The van der Waals surface area contributed by atoms with Crippen molar-refractivity contribution in [3.63, 3.8) is 0 Å². The van der Waals surface area contributed by atoms with Crippen molar-refractivity contribution in [2.45, 2.75) is 66.3 Å². The van der Waals surface area contributed by atoms with Crippen LogP contribution in [-0.2, 0) is 0 Å². The second-order valence-corrected chi connectivity index (χ2v) is 7.33. The number of likely N-dealkylation sites (tertiary alicyclic amines) is 1. The first-order chi connectivity index (χ1) is 9.94. The van der Waals surface area contributed by atoms with Crippen LogP contribution in [0.15, 0.2) is 4.99 Å². The van der Waals surface area contributed by atoms with Crippen molar-refractivity contribution < 1.29 is 0 Å². The molecule has 1 rings (SSSR count). The van der Waals surface area contributed by atoms with E-state index in [1.807, 2.05) is 0 Å². The molecule has 0 aliphatic carbocycles. The molecular weight excluding hydrogens is 387 g/mol. The summed E-state index contributed by atoms with van der Waals surface area (Å²) in [4.78, 5) is 7.30. The van der Waals surface area contributed by atoms with E-state index in [9.17, 15) is 0 Å². The van der Waals surface area contributed by atoms with Gasteiger partial charge in [0, 0.05) is 32.2 Å². The number of aliphatic imine (C=N–C) groups is 1. The minimum absolute atomic E-state index is 0. The molecule has 5 heteroatoms. The lowest BCUT2D eigenvalue weighted by atomic mass is 9.92. The van der Waals surface area contributed by atoms with Gasteiger partial charge < -0.3 is 15.5 Å². The van der Waals surface area contributed by atoms with E-state index in [1.165, 1.54) is 38.9 Å². The minimum atomic E-state index is 0. The normalized spacial score (nSPS) is 18.0. The Morgan fingerprint density at radius 2 is 1.82 bits per heavy atom. The van der Waals surface area contributed by atoms with Gasteiger partial charge in [0.1, 0.15) is 0 Å². The Kier molecular flexibility index (Phi) is 11.5. The van der Waals surface area contributed by atoms with E-state index in [4.69, 9.17) is 4.99 Å². The molecule has 4 nitrogen and oxygen atoms in total. The number of hydrogen-bond donors (Lipinski definition) is 2. The van der Waals surface area contributed by atoms with E-state index in [0.29, 0.717) is 11.5 Å². The van der Waals surface area contributed by atoms with Gasteiger partial charge in [0.05, 0.1) is 0 Å². The molecule has 0 bridgehead atoms. The fraction of sp³-hybridized carbons (Fsp3) is 0.941. The SMILES string of the molecule is CCCN1CCC(NC(=NCCC(C)(C)C)NCC)CC1.I. The summed E-state index contributed by atoms with van der Waals surface area (Å²) in [6.07, 6.45) is 4.83. The molecular formula is C17H37IN4. The lowest BCUT2D eigenvalue weighted by Gasteiger charge is -2.32. The summed E-state index contributed by atoms with van der Waals surface area (Å²) in [7, 11) is 0. The summed E-state index contributed by atoms with van der Waals surface area (Å²) < 4.78 is 0. The van der Waals surface area contributed by atoms with Crippen LogP contribution in [0.2, 0.25) is 0 Å². The Balaban J connectivity index is 0.00000441. The lowest BCUT2D eigenvalue weighted by Crippen LogP contribution is -2.48. The van der Waals surface area contributed by atoms with Crippen molar-refractivity contribution in [3.05, 3.63) is 0 Å². The molecule has 0 saturated carbocycles. The third-order valence-electron chi connectivity index (χ3n) is 3.94. The molecule has 1 saturated heterocycles. The maximum absolute atomic E-state index is 4.73. The second kappa shape index (κ2) is 11.5. The number of halogens is 1. The summed E-state index contributed by atoms with van der Waals surface area (Å²) in [5, 5.41) is 7.00. The largest absolute Gasteiger partial charge is 0.357 e. The number of guanidine groups is 1. The zero-order valence-electron chi connectivity index (χ0n) is 15.2. The summed E-state index contributed by atoms with van der Waals surface area (Å²) in [5.74, 6) is 0.996. The van der Waals surface area contributed by atoms with Crippen LogP contribution in [-0.4, -0.2) is 49.6 Å². The minimum Gasteiger partial charge on any atom is -0.357 e. The molecule has 0 unspecified atom stereocenters. The Hall–Kier alpha value is -0.0400. The molecule has 1 aliphatic heterocycles. The van der Waals surface area contributed by atoms with E-state index in [0.717, 1.165) is 25.5 Å². The van der Waals surface area contributed by atoms with Gasteiger partial charge in [-0.3, -0.25) is 4.99 Å². The van der Waals surface area contributed by atoms with Crippen LogP contribution in [0.1, 0.15) is 60.3 Å².